The summed E-state index contributed by atoms with van der Waals surface area (Å²) in [5.74, 6) is 0.726. The fourth-order valence-electron chi connectivity index (χ4n) is 2.29. The molecule has 2 rings (SSSR count). The van der Waals surface area contributed by atoms with Crippen LogP contribution in [0.15, 0.2) is 18.3 Å². The Morgan fingerprint density at radius 2 is 2.19 bits per heavy atom. The second kappa shape index (κ2) is 4.98. The van der Waals surface area contributed by atoms with E-state index in [0.717, 1.165) is 11.6 Å². The standard InChI is InChI=1S/C13H17N3/c1-10-4-2-3-5-13(10)16-12-7-6-11(8-14)15-9-12/h6-7,9-10,13,16H,2-5H2,1H3. The highest BCUT2D eigenvalue weighted by atomic mass is 14.9. The van der Waals surface area contributed by atoms with Gasteiger partial charge in [0, 0.05) is 6.04 Å². The highest BCUT2D eigenvalue weighted by molar-refractivity contribution is 5.43. The Morgan fingerprint density at radius 3 is 2.81 bits per heavy atom. The Bertz CT molecular complexity index is 377. The van der Waals surface area contributed by atoms with Gasteiger partial charge in [-0.15, -0.1) is 0 Å². The second-order valence-electron chi connectivity index (χ2n) is 4.56. The lowest BCUT2D eigenvalue weighted by molar-refractivity contribution is 0.349. The summed E-state index contributed by atoms with van der Waals surface area (Å²) in [7, 11) is 0. The Kier molecular flexibility index (Phi) is 3.40. The SMILES string of the molecule is CC1CCCCC1Nc1ccc(C#N)nc1. The summed E-state index contributed by atoms with van der Waals surface area (Å²) in [4.78, 5) is 4.06. The lowest BCUT2D eigenvalue weighted by atomic mass is 9.86. The first-order chi connectivity index (χ1) is 7.79. The highest BCUT2D eigenvalue weighted by Gasteiger charge is 2.20. The van der Waals surface area contributed by atoms with Gasteiger partial charge >= 0.3 is 0 Å². The third-order valence-electron chi connectivity index (χ3n) is 3.34. The van der Waals surface area contributed by atoms with Crippen LogP contribution in [-0.4, -0.2) is 11.0 Å². The number of nitrogens with zero attached hydrogens (tertiary/aromatic N) is 2. The van der Waals surface area contributed by atoms with Crippen molar-refractivity contribution in [2.75, 3.05) is 5.32 Å². The van der Waals surface area contributed by atoms with Gasteiger partial charge < -0.3 is 5.32 Å². The van der Waals surface area contributed by atoms with Crippen molar-refractivity contribution >= 4 is 5.69 Å². The van der Waals surface area contributed by atoms with Crippen molar-refractivity contribution in [3.63, 3.8) is 0 Å². The first kappa shape index (κ1) is 10.9. The average Bonchev–Trinajstić information content (AvgIpc) is 2.33. The summed E-state index contributed by atoms with van der Waals surface area (Å²) >= 11 is 0. The molecule has 1 fully saturated rings. The van der Waals surface area contributed by atoms with E-state index in [1.807, 2.05) is 12.1 Å². The number of hydrogen-bond acceptors (Lipinski definition) is 3. The number of nitriles is 1. The van der Waals surface area contributed by atoms with E-state index < -0.39 is 0 Å². The van der Waals surface area contributed by atoms with Crippen LogP contribution >= 0.6 is 0 Å². The van der Waals surface area contributed by atoms with Crippen molar-refractivity contribution in [3.8, 4) is 6.07 Å². The summed E-state index contributed by atoms with van der Waals surface area (Å²) in [5, 5.41) is 12.2. The minimum absolute atomic E-state index is 0.474. The molecule has 3 nitrogen and oxygen atoms in total. The third-order valence-corrected chi connectivity index (χ3v) is 3.34. The van der Waals surface area contributed by atoms with Crippen LogP contribution in [0, 0.1) is 17.2 Å². The van der Waals surface area contributed by atoms with Crippen LogP contribution in [0.1, 0.15) is 38.3 Å². The maximum absolute atomic E-state index is 8.66. The number of pyridine rings is 1. The maximum atomic E-state index is 8.66. The van der Waals surface area contributed by atoms with Gasteiger partial charge in [-0.25, -0.2) is 4.98 Å². The number of hydrogen-bond donors (Lipinski definition) is 1. The molecule has 2 unspecified atom stereocenters. The van der Waals surface area contributed by atoms with Crippen molar-refractivity contribution in [2.24, 2.45) is 5.92 Å². The van der Waals surface area contributed by atoms with E-state index >= 15 is 0 Å². The van der Waals surface area contributed by atoms with Crippen LogP contribution < -0.4 is 5.32 Å². The summed E-state index contributed by atoms with van der Waals surface area (Å²) in [6.45, 7) is 2.30. The molecule has 84 valence electrons. The minimum Gasteiger partial charge on any atom is -0.381 e. The molecule has 0 saturated heterocycles. The summed E-state index contributed by atoms with van der Waals surface area (Å²) in [5.41, 5.74) is 1.50. The molecule has 0 radical (unpaired) electrons. The zero-order chi connectivity index (χ0) is 11.4. The molecule has 0 aromatic carbocycles. The molecule has 0 spiro atoms. The molecule has 1 aliphatic rings. The zero-order valence-electron chi connectivity index (χ0n) is 9.61. The van der Waals surface area contributed by atoms with Gasteiger partial charge in [0.2, 0.25) is 0 Å². The van der Waals surface area contributed by atoms with Gasteiger partial charge in [0.25, 0.3) is 0 Å². The van der Waals surface area contributed by atoms with E-state index in [1.54, 1.807) is 12.3 Å². The molecule has 1 N–H and O–H groups in total. The summed E-state index contributed by atoms with van der Waals surface area (Å²) in [6, 6.07) is 6.28. The normalized spacial score (nSPS) is 24.8. The van der Waals surface area contributed by atoms with E-state index in [-0.39, 0.29) is 0 Å². The van der Waals surface area contributed by atoms with Crippen molar-refractivity contribution < 1.29 is 0 Å². The van der Waals surface area contributed by atoms with E-state index in [1.165, 1.54) is 25.7 Å². The Morgan fingerprint density at radius 1 is 1.38 bits per heavy atom. The molecule has 3 heteroatoms. The van der Waals surface area contributed by atoms with E-state index in [0.29, 0.717) is 11.7 Å². The van der Waals surface area contributed by atoms with E-state index in [4.69, 9.17) is 5.26 Å². The number of rotatable bonds is 2. The largest absolute Gasteiger partial charge is 0.381 e. The molecular weight excluding hydrogens is 198 g/mol. The van der Waals surface area contributed by atoms with E-state index in [2.05, 4.69) is 17.2 Å². The summed E-state index contributed by atoms with van der Waals surface area (Å²) in [6.07, 6.45) is 6.96. The predicted molar refractivity (Wildman–Crippen MR) is 64.0 cm³/mol. The fourth-order valence-corrected chi connectivity index (χ4v) is 2.29. The third kappa shape index (κ3) is 2.52. The number of aromatic nitrogens is 1. The molecule has 1 saturated carbocycles. The lowest BCUT2D eigenvalue weighted by Crippen LogP contribution is -2.30. The van der Waals surface area contributed by atoms with Crippen LogP contribution in [0.2, 0.25) is 0 Å². The molecule has 1 heterocycles. The molecule has 1 aromatic heterocycles. The smallest absolute Gasteiger partial charge is 0.140 e. The Labute approximate surface area is 96.5 Å². The van der Waals surface area contributed by atoms with Crippen molar-refractivity contribution in [1.29, 1.82) is 5.26 Å². The van der Waals surface area contributed by atoms with Crippen LogP contribution in [0.5, 0.6) is 0 Å². The van der Waals surface area contributed by atoms with Gasteiger partial charge in [-0.1, -0.05) is 19.8 Å². The van der Waals surface area contributed by atoms with E-state index in [9.17, 15) is 0 Å². The van der Waals surface area contributed by atoms with Crippen LogP contribution in [-0.2, 0) is 0 Å². The van der Waals surface area contributed by atoms with Crippen molar-refractivity contribution in [2.45, 2.75) is 38.6 Å². The van der Waals surface area contributed by atoms with Gasteiger partial charge in [0.15, 0.2) is 0 Å². The van der Waals surface area contributed by atoms with Crippen LogP contribution in [0.4, 0.5) is 5.69 Å². The molecular formula is C13H17N3. The lowest BCUT2D eigenvalue weighted by Gasteiger charge is -2.30. The van der Waals surface area contributed by atoms with Crippen molar-refractivity contribution in [1.82, 2.24) is 4.98 Å². The van der Waals surface area contributed by atoms with Gasteiger partial charge in [-0.05, 0) is 30.9 Å². The molecule has 0 amide bonds. The number of nitrogens with one attached hydrogen (secondary N) is 1. The quantitative estimate of drug-likeness (QED) is 0.825. The fraction of sp³-hybridized carbons (Fsp3) is 0.538. The number of anilines is 1. The van der Waals surface area contributed by atoms with Gasteiger partial charge in [-0.3, -0.25) is 0 Å². The monoisotopic (exact) mass is 215 g/mol. The molecule has 2 atom stereocenters. The maximum Gasteiger partial charge on any atom is 0.140 e. The van der Waals surface area contributed by atoms with Gasteiger partial charge in [0.05, 0.1) is 11.9 Å². The first-order valence-electron chi connectivity index (χ1n) is 5.92. The Hall–Kier alpha value is -1.56. The van der Waals surface area contributed by atoms with Crippen molar-refractivity contribution in [3.05, 3.63) is 24.0 Å². The first-order valence-corrected chi connectivity index (χ1v) is 5.92. The minimum atomic E-state index is 0.474. The van der Waals surface area contributed by atoms with Gasteiger partial charge in [-0.2, -0.15) is 5.26 Å². The second-order valence-corrected chi connectivity index (χ2v) is 4.56. The topological polar surface area (TPSA) is 48.7 Å². The zero-order valence-corrected chi connectivity index (χ0v) is 9.61. The predicted octanol–water partition coefficient (Wildman–Crippen LogP) is 2.94. The van der Waals surface area contributed by atoms with Crippen LogP contribution in [0.3, 0.4) is 0 Å². The average molecular weight is 215 g/mol. The van der Waals surface area contributed by atoms with Crippen LogP contribution in [0.25, 0.3) is 0 Å². The highest BCUT2D eigenvalue weighted by Crippen LogP contribution is 2.26. The summed E-state index contributed by atoms with van der Waals surface area (Å²) < 4.78 is 0. The molecule has 1 aliphatic carbocycles. The van der Waals surface area contributed by atoms with Gasteiger partial charge in [0.1, 0.15) is 11.8 Å². The molecule has 1 aromatic rings. The molecule has 0 aliphatic heterocycles. The molecule has 16 heavy (non-hydrogen) atoms. The molecule has 0 bridgehead atoms. The Balaban J connectivity index is 2.00.